The Morgan fingerprint density at radius 3 is 2.73 bits per heavy atom. The predicted octanol–water partition coefficient (Wildman–Crippen LogP) is 4.40. The zero-order valence-corrected chi connectivity index (χ0v) is 14.4. The van der Waals surface area contributed by atoms with Crippen molar-refractivity contribution < 1.29 is 0 Å². The number of nitriles is 1. The van der Waals surface area contributed by atoms with Crippen molar-refractivity contribution in [2.45, 2.75) is 37.6 Å². The molecule has 0 bridgehead atoms. The SMILES string of the molecule is N#C/C=C/C1CC(n2cc(-c3cnc4ccccc4n3)c(C3CC3)n2)C1. The van der Waals surface area contributed by atoms with Crippen LogP contribution in [0.25, 0.3) is 22.3 Å². The van der Waals surface area contributed by atoms with Gasteiger partial charge in [0.25, 0.3) is 0 Å². The van der Waals surface area contributed by atoms with E-state index in [1.54, 1.807) is 6.08 Å². The summed E-state index contributed by atoms with van der Waals surface area (Å²) in [4.78, 5) is 9.40. The van der Waals surface area contributed by atoms with Crippen molar-refractivity contribution in [1.82, 2.24) is 19.7 Å². The zero-order chi connectivity index (χ0) is 17.5. The molecule has 1 aromatic carbocycles. The zero-order valence-electron chi connectivity index (χ0n) is 14.4. The molecule has 0 unspecified atom stereocenters. The van der Waals surface area contributed by atoms with Crippen LogP contribution in [0, 0.1) is 17.2 Å². The number of fused-ring (bicyclic) bond motifs is 1. The highest BCUT2D eigenvalue weighted by molar-refractivity contribution is 5.77. The fourth-order valence-corrected chi connectivity index (χ4v) is 3.72. The third kappa shape index (κ3) is 2.68. The number of para-hydroxylation sites is 2. The van der Waals surface area contributed by atoms with Crippen LogP contribution in [0.1, 0.15) is 43.3 Å². The van der Waals surface area contributed by atoms with Crippen molar-refractivity contribution in [2.75, 3.05) is 0 Å². The second-order valence-corrected chi connectivity index (χ2v) is 7.30. The minimum Gasteiger partial charge on any atom is -0.269 e. The maximum atomic E-state index is 8.66. The van der Waals surface area contributed by atoms with E-state index in [-0.39, 0.29) is 0 Å². The molecule has 5 heteroatoms. The quantitative estimate of drug-likeness (QED) is 0.660. The summed E-state index contributed by atoms with van der Waals surface area (Å²) < 4.78 is 2.12. The van der Waals surface area contributed by atoms with Gasteiger partial charge in [-0.1, -0.05) is 18.2 Å². The molecule has 0 atom stereocenters. The normalized spacial score (nSPS) is 22.4. The molecule has 2 heterocycles. The van der Waals surface area contributed by atoms with E-state index in [2.05, 4.69) is 21.9 Å². The van der Waals surface area contributed by atoms with Gasteiger partial charge in [-0.05, 0) is 43.7 Å². The largest absolute Gasteiger partial charge is 0.269 e. The lowest BCUT2D eigenvalue weighted by Crippen LogP contribution is -2.25. The number of hydrogen-bond donors (Lipinski definition) is 0. The van der Waals surface area contributed by atoms with E-state index in [1.165, 1.54) is 18.5 Å². The lowest BCUT2D eigenvalue weighted by molar-refractivity contribution is 0.223. The maximum absolute atomic E-state index is 8.66. The molecule has 2 aliphatic carbocycles. The molecule has 128 valence electrons. The molecule has 0 spiro atoms. The highest BCUT2D eigenvalue weighted by Gasteiger charge is 2.34. The number of aromatic nitrogens is 4. The lowest BCUT2D eigenvalue weighted by Gasteiger charge is -2.33. The fourth-order valence-electron chi connectivity index (χ4n) is 3.72. The molecule has 5 nitrogen and oxygen atoms in total. The molecule has 5 rings (SSSR count). The first-order valence-corrected chi connectivity index (χ1v) is 9.19. The standard InChI is InChI=1S/C21H19N5/c22-9-3-4-14-10-16(11-14)26-13-17(21(25-26)15-7-8-15)20-12-23-18-5-1-2-6-19(18)24-20/h1-6,12-16H,7-8,10-11H2/b4-3+. The predicted molar refractivity (Wildman–Crippen MR) is 99.2 cm³/mol. The van der Waals surface area contributed by atoms with E-state index in [4.69, 9.17) is 15.3 Å². The molecule has 0 aliphatic heterocycles. The third-order valence-corrected chi connectivity index (χ3v) is 5.42. The Kier molecular flexibility index (Phi) is 3.56. The number of rotatable bonds is 4. The van der Waals surface area contributed by atoms with Gasteiger partial charge < -0.3 is 0 Å². The number of allylic oxidation sites excluding steroid dienone is 2. The molecule has 3 aromatic rings. The second-order valence-electron chi connectivity index (χ2n) is 7.30. The summed E-state index contributed by atoms with van der Waals surface area (Å²) >= 11 is 0. The average molecular weight is 341 g/mol. The van der Waals surface area contributed by atoms with Gasteiger partial charge in [0.2, 0.25) is 0 Å². The second kappa shape index (κ2) is 6.06. The van der Waals surface area contributed by atoms with Crippen LogP contribution < -0.4 is 0 Å². The summed E-state index contributed by atoms with van der Waals surface area (Å²) in [5, 5.41) is 13.6. The van der Waals surface area contributed by atoms with Crippen LogP contribution in [0.5, 0.6) is 0 Å². The molecule has 2 fully saturated rings. The van der Waals surface area contributed by atoms with E-state index in [0.717, 1.165) is 35.1 Å². The highest BCUT2D eigenvalue weighted by atomic mass is 15.3. The highest BCUT2D eigenvalue weighted by Crippen LogP contribution is 2.45. The van der Waals surface area contributed by atoms with E-state index in [1.807, 2.05) is 36.5 Å². The van der Waals surface area contributed by atoms with Crippen LogP contribution >= 0.6 is 0 Å². The summed E-state index contributed by atoms with van der Waals surface area (Å²) in [6, 6.07) is 10.5. The van der Waals surface area contributed by atoms with Crippen LogP contribution in [-0.2, 0) is 0 Å². The Labute approximate surface area is 152 Å². The molecule has 0 radical (unpaired) electrons. The molecule has 2 saturated carbocycles. The molecular weight excluding hydrogens is 322 g/mol. The van der Waals surface area contributed by atoms with Gasteiger partial charge in [-0.25, -0.2) is 4.98 Å². The number of hydrogen-bond acceptors (Lipinski definition) is 4. The Morgan fingerprint density at radius 1 is 1.15 bits per heavy atom. The fraction of sp³-hybridized carbons (Fsp3) is 0.333. The summed E-state index contributed by atoms with van der Waals surface area (Å²) in [6.07, 6.45) is 12.1. The summed E-state index contributed by atoms with van der Waals surface area (Å²) in [6.45, 7) is 0. The molecule has 0 saturated heterocycles. The van der Waals surface area contributed by atoms with Gasteiger partial charge in [0.05, 0.1) is 40.7 Å². The minimum atomic E-state index is 0.419. The Hall–Kier alpha value is -3.00. The molecule has 0 N–H and O–H groups in total. The van der Waals surface area contributed by atoms with Crippen molar-refractivity contribution in [2.24, 2.45) is 5.92 Å². The first kappa shape index (κ1) is 15.3. The van der Waals surface area contributed by atoms with Crippen molar-refractivity contribution in [3.63, 3.8) is 0 Å². The summed E-state index contributed by atoms with van der Waals surface area (Å²) in [5.74, 6) is 1.06. The van der Waals surface area contributed by atoms with Gasteiger partial charge in [0.1, 0.15) is 0 Å². The van der Waals surface area contributed by atoms with Gasteiger partial charge in [0, 0.05) is 23.8 Å². The van der Waals surface area contributed by atoms with Crippen molar-refractivity contribution in [3.05, 3.63) is 54.5 Å². The molecule has 26 heavy (non-hydrogen) atoms. The topological polar surface area (TPSA) is 67.4 Å². The van der Waals surface area contributed by atoms with E-state index in [0.29, 0.717) is 17.9 Å². The summed E-state index contributed by atoms with van der Waals surface area (Å²) in [7, 11) is 0. The summed E-state index contributed by atoms with van der Waals surface area (Å²) in [5.41, 5.74) is 5.05. The van der Waals surface area contributed by atoms with Crippen molar-refractivity contribution in [1.29, 1.82) is 5.26 Å². The van der Waals surface area contributed by atoms with E-state index in [9.17, 15) is 0 Å². The van der Waals surface area contributed by atoms with Gasteiger partial charge in [0.15, 0.2) is 0 Å². The monoisotopic (exact) mass is 341 g/mol. The molecular formula is C21H19N5. The number of benzene rings is 1. The lowest BCUT2D eigenvalue weighted by atomic mass is 9.80. The smallest absolute Gasteiger partial charge is 0.0927 e. The molecule has 2 aromatic heterocycles. The average Bonchev–Trinajstić information content (AvgIpc) is 3.39. The Bertz CT molecular complexity index is 1030. The van der Waals surface area contributed by atoms with Gasteiger partial charge in [-0.2, -0.15) is 10.4 Å². The minimum absolute atomic E-state index is 0.419. The Morgan fingerprint density at radius 2 is 1.96 bits per heavy atom. The van der Waals surface area contributed by atoms with E-state index >= 15 is 0 Å². The van der Waals surface area contributed by atoms with Crippen LogP contribution in [0.3, 0.4) is 0 Å². The van der Waals surface area contributed by atoms with E-state index < -0.39 is 0 Å². The molecule has 2 aliphatic rings. The molecule has 0 amide bonds. The van der Waals surface area contributed by atoms with Gasteiger partial charge in [-0.3, -0.25) is 9.67 Å². The van der Waals surface area contributed by atoms with Gasteiger partial charge in [-0.15, -0.1) is 0 Å². The first-order chi connectivity index (χ1) is 12.8. The number of nitrogens with zero attached hydrogens (tertiary/aromatic N) is 5. The maximum Gasteiger partial charge on any atom is 0.0927 e. The first-order valence-electron chi connectivity index (χ1n) is 9.19. The van der Waals surface area contributed by atoms with Crippen molar-refractivity contribution in [3.8, 4) is 17.3 Å². The Balaban J connectivity index is 1.47. The van der Waals surface area contributed by atoms with Crippen LogP contribution in [-0.4, -0.2) is 19.7 Å². The van der Waals surface area contributed by atoms with Crippen molar-refractivity contribution >= 4 is 11.0 Å². The van der Waals surface area contributed by atoms with Crippen LogP contribution in [0.2, 0.25) is 0 Å². The van der Waals surface area contributed by atoms with Crippen LogP contribution in [0.4, 0.5) is 0 Å². The van der Waals surface area contributed by atoms with Crippen LogP contribution in [0.15, 0.2) is 48.8 Å². The third-order valence-electron chi connectivity index (χ3n) is 5.42. The van der Waals surface area contributed by atoms with Gasteiger partial charge >= 0.3 is 0 Å².